The molecular weight excluding hydrogens is 246 g/mol. The molecule has 0 heterocycles. The molecule has 0 aliphatic carbocycles. The normalized spacial score (nSPS) is 12.2. The summed E-state index contributed by atoms with van der Waals surface area (Å²) >= 11 is 0. The highest BCUT2D eigenvalue weighted by Crippen LogP contribution is 2.25. The first-order valence-corrected chi connectivity index (χ1v) is 7.02. The van der Waals surface area contributed by atoms with Crippen molar-refractivity contribution in [2.24, 2.45) is 0 Å². The Bertz CT molecular complexity index is 577. The molecule has 0 aromatic heterocycles. The molecule has 0 fully saturated rings. The summed E-state index contributed by atoms with van der Waals surface area (Å²) in [6, 6.07) is 15.2. The lowest BCUT2D eigenvalue weighted by Gasteiger charge is -2.20. The van der Waals surface area contributed by atoms with Gasteiger partial charge in [-0.05, 0) is 38.0 Å². The summed E-state index contributed by atoms with van der Waals surface area (Å²) in [4.78, 5) is 0. The number of hydrogen-bond acceptors (Lipinski definition) is 2. The highest BCUT2D eigenvalue weighted by Gasteiger charge is 2.10. The molecule has 2 rings (SSSR count). The second kappa shape index (κ2) is 6.58. The SMILES string of the molecule is COCc1ccccc1NC(C)c1cc(C)ccc1C. The third kappa shape index (κ3) is 3.40. The Morgan fingerprint density at radius 2 is 1.85 bits per heavy atom. The fourth-order valence-electron chi connectivity index (χ4n) is 2.48. The molecule has 0 amide bonds. The second-order valence-corrected chi connectivity index (χ2v) is 5.32. The minimum atomic E-state index is 0.271. The van der Waals surface area contributed by atoms with Crippen LogP contribution < -0.4 is 5.32 Å². The molecule has 0 saturated carbocycles. The molecule has 0 aliphatic heterocycles. The Kier molecular flexibility index (Phi) is 4.80. The van der Waals surface area contributed by atoms with Crippen LogP contribution in [0, 0.1) is 13.8 Å². The molecule has 2 aromatic carbocycles. The average molecular weight is 269 g/mol. The van der Waals surface area contributed by atoms with Crippen molar-refractivity contribution < 1.29 is 4.74 Å². The van der Waals surface area contributed by atoms with Gasteiger partial charge in [0.2, 0.25) is 0 Å². The van der Waals surface area contributed by atoms with E-state index in [1.54, 1.807) is 7.11 Å². The number of para-hydroxylation sites is 1. The van der Waals surface area contributed by atoms with Crippen LogP contribution in [0.3, 0.4) is 0 Å². The predicted molar refractivity (Wildman–Crippen MR) is 85.1 cm³/mol. The summed E-state index contributed by atoms with van der Waals surface area (Å²) in [5.41, 5.74) is 6.29. The van der Waals surface area contributed by atoms with Gasteiger partial charge in [-0.1, -0.05) is 42.0 Å². The smallest absolute Gasteiger partial charge is 0.0733 e. The van der Waals surface area contributed by atoms with Crippen LogP contribution in [-0.4, -0.2) is 7.11 Å². The van der Waals surface area contributed by atoms with Crippen molar-refractivity contribution >= 4 is 5.69 Å². The lowest BCUT2D eigenvalue weighted by molar-refractivity contribution is 0.185. The van der Waals surface area contributed by atoms with Gasteiger partial charge in [0.25, 0.3) is 0 Å². The van der Waals surface area contributed by atoms with Crippen molar-refractivity contribution in [2.75, 3.05) is 12.4 Å². The average Bonchev–Trinajstić information content (AvgIpc) is 2.44. The minimum absolute atomic E-state index is 0.271. The van der Waals surface area contributed by atoms with Crippen LogP contribution in [0.5, 0.6) is 0 Å². The molecule has 2 nitrogen and oxygen atoms in total. The standard InChI is InChI=1S/C18H23NO/c1-13-9-10-14(2)17(11-13)15(3)19-18-8-6-5-7-16(18)12-20-4/h5-11,15,19H,12H2,1-4H3. The molecule has 0 spiro atoms. The largest absolute Gasteiger partial charge is 0.380 e. The molecule has 0 saturated heterocycles. The van der Waals surface area contributed by atoms with Crippen LogP contribution in [0.1, 0.15) is 35.2 Å². The van der Waals surface area contributed by atoms with Crippen LogP contribution >= 0.6 is 0 Å². The highest BCUT2D eigenvalue weighted by atomic mass is 16.5. The summed E-state index contributed by atoms with van der Waals surface area (Å²) in [5, 5.41) is 3.60. The molecule has 1 atom stereocenters. The van der Waals surface area contributed by atoms with Crippen LogP contribution in [0.4, 0.5) is 5.69 Å². The van der Waals surface area contributed by atoms with Crippen LogP contribution in [0.15, 0.2) is 42.5 Å². The van der Waals surface area contributed by atoms with E-state index in [0.717, 1.165) is 5.69 Å². The monoisotopic (exact) mass is 269 g/mol. The molecule has 2 aromatic rings. The first-order chi connectivity index (χ1) is 9.61. The molecule has 0 aliphatic rings. The quantitative estimate of drug-likeness (QED) is 0.855. The van der Waals surface area contributed by atoms with E-state index in [0.29, 0.717) is 6.61 Å². The Balaban J connectivity index is 2.23. The summed E-state index contributed by atoms with van der Waals surface area (Å²) in [6.45, 7) is 7.12. The van der Waals surface area contributed by atoms with E-state index in [1.807, 2.05) is 6.07 Å². The molecular formula is C18H23NO. The Labute approximate surface area is 121 Å². The van der Waals surface area contributed by atoms with Crippen LogP contribution in [0.25, 0.3) is 0 Å². The van der Waals surface area contributed by atoms with Gasteiger partial charge in [-0.15, -0.1) is 0 Å². The van der Waals surface area contributed by atoms with E-state index in [9.17, 15) is 0 Å². The Morgan fingerprint density at radius 1 is 1.10 bits per heavy atom. The highest BCUT2D eigenvalue weighted by molar-refractivity contribution is 5.53. The molecule has 0 bridgehead atoms. The van der Waals surface area contributed by atoms with Crippen molar-refractivity contribution in [3.05, 3.63) is 64.7 Å². The van der Waals surface area contributed by atoms with Crippen LogP contribution in [0.2, 0.25) is 0 Å². The van der Waals surface area contributed by atoms with E-state index in [4.69, 9.17) is 4.74 Å². The zero-order valence-electron chi connectivity index (χ0n) is 12.7. The van der Waals surface area contributed by atoms with Gasteiger partial charge >= 0.3 is 0 Å². The van der Waals surface area contributed by atoms with E-state index in [-0.39, 0.29) is 6.04 Å². The third-order valence-corrected chi connectivity index (χ3v) is 3.59. The van der Waals surface area contributed by atoms with Crippen molar-refractivity contribution in [1.82, 2.24) is 0 Å². The lowest BCUT2D eigenvalue weighted by atomic mass is 9.99. The predicted octanol–water partition coefficient (Wildman–Crippen LogP) is 4.62. The van der Waals surface area contributed by atoms with E-state index in [2.05, 4.69) is 62.5 Å². The molecule has 1 N–H and O–H groups in total. The zero-order chi connectivity index (χ0) is 14.5. The van der Waals surface area contributed by atoms with Crippen molar-refractivity contribution in [2.45, 2.75) is 33.4 Å². The maximum absolute atomic E-state index is 5.26. The lowest BCUT2D eigenvalue weighted by Crippen LogP contribution is -2.10. The first kappa shape index (κ1) is 14.6. The first-order valence-electron chi connectivity index (χ1n) is 7.02. The zero-order valence-corrected chi connectivity index (χ0v) is 12.7. The second-order valence-electron chi connectivity index (χ2n) is 5.32. The fraction of sp³-hybridized carbons (Fsp3) is 0.333. The van der Waals surface area contributed by atoms with Gasteiger partial charge in [0, 0.05) is 24.4 Å². The van der Waals surface area contributed by atoms with E-state index in [1.165, 1.54) is 22.3 Å². The molecule has 1 unspecified atom stereocenters. The van der Waals surface area contributed by atoms with E-state index < -0.39 is 0 Å². The summed E-state index contributed by atoms with van der Waals surface area (Å²) < 4.78 is 5.26. The number of ether oxygens (including phenoxy) is 1. The maximum atomic E-state index is 5.26. The van der Waals surface area contributed by atoms with Crippen molar-refractivity contribution in [3.8, 4) is 0 Å². The Morgan fingerprint density at radius 3 is 2.60 bits per heavy atom. The van der Waals surface area contributed by atoms with Gasteiger partial charge in [-0.3, -0.25) is 0 Å². The number of anilines is 1. The maximum Gasteiger partial charge on any atom is 0.0733 e. The number of methoxy groups -OCH3 is 1. The molecule has 106 valence electrons. The van der Waals surface area contributed by atoms with Crippen LogP contribution in [-0.2, 0) is 11.3 Å². The van der Waals surface area contributed by atoms with E-state index >= 15 is 0 Å². The topological polar surface area (TPSA) is 21.3 Å². The number of nitrogens with one attached hydrogen (secondary N) is 1. The number of benzene rings is 2. The van der Waals surface area contributed by atoms with Crippen molar-refractivity contribution in [1.29, 1.82) is 0 Å². The van der Waals surface area contributed by atoms with Gasteiger partial charge in [0.15, 0.2) is 0 Å². The number of hydrogen-bond donors (Lipinski definition) is 1. The number of aryl methyl sites for hydroxylation is 2. The molecule has 2 heteroatoms. The minimum Gasteiger partial charge on any atom is -0.380 e. The van der Waals surface area contributed by atoms with Gasteiger partial charge in [0.1, 0.15) is 0 Å². The fourth-order valence-corrected chi connectivity index (χ4v) is 2.48. The third-order valence-electron chi connectivity index (χ3n) is 3.59. The van der Waals surface area contributed by atoms with Gasteiger partial charge in [-0.25, -0.2) is 0 Å². The van der Waals surface area contributed by atoms with Gasteiger partial charge in [-0.2, -0.15) is 0 Å². The van der Waals surface area contributed by atoms with Crippen molar-refractivity contribution in [3.63, 3.8) is 0 Å². The Hall–Kier alpha value is -1.80. The van der Waals surface area contributed by atoms with Gasteiger partial charge in [0.05, 0.1) is 6.61 Å². The van der Waals surface area contributed by atoms with Gasteiger partial charge < -0.3 is 10.1 Å². The molecule has 0 radical (unpaired) electrons. The molecule has 20 heavy (non-hydrogen) atoms. The summed E-state index contributed by atoms with van der Waals surface area (Å²) in [5.74, 6) is 0. The number of rotatable bonds is 5. The summed E-state index contributed by atoms with van der Waals surface area (Å²) in [6.07, 6.45) is 0. The summed E-state index contributed by atoms with van der Waals surface area (Å²) in [7, 11) is 1.73.